The summed E-state index contributed by atoms with van der Waals surface area (Å²) in [5, 5.41) is 3.38. The molecule has 1 saturated carbocycles. The SMILES string of the molecule is COC1CC(Nc2cc(N)ccc2C(=O)N(C)C)C1. The molecule has 0 radical (unpaired) electrons. The van der Waals surface area contributed by atoms with E-state index in [0.717, 1.165) is 18.5 Å². The van der Waals surface area contributed by atoms with Crippen molar-refractivity contribution in [3.05, 3.63) is 23.8 Å². The molecule has 0 spiro atoms. The standard InChI is InChI=1S/C14H21N3O2/c1-17(2)14(18)12-5-4-9(15)6-13(12)16-10-7-11(8-10)19-3/h4-6,10-11,16H,7-8,15H2,1-3H3. The maximum Gasteiger partial charge on any atom is 0.255 e. The third kappa shape index (κ3) is 2.98. The van der Waals surface area contributed by atoms with E-state index < -0.39 is 0 Å². The zero-order valence-electron chi connectivity index (χ0n) is 11.6. The van der Waals surface area contributed by atoms with Crippen molar-refractivity contribution in [3.8, 4) is 0 Å². The van der Waals surface area contributed by atoms with Crippen molar-refractivity contribution in [2.24, 2.45) is 0 Å². The van der Waals surface area contributed by atoms with Crippen LogP contribution in [0.1, 0.15) is 23.2 Å². The van der Waals surface area contributed by atoms with E-state index >= 15 is 0 Å². The van der Waals surface area contributed by atoms with Gasteiger partial charge >= 0.3 is 0 Å². The van der Waals surface area contributed by atoms with Crippen molar-refractivity contribution in [3.63, 3.8) is 0 Å². The Kier molecular flexibility index (Phi) is 3.95. The highest BCUT2D eigenvalue weighted by Crippen LogP contribution is 2.29. The van der Waals surface area contributed by atoms with E-state index in [1.165, 1.54) is 0 Å². The van der Waals surface area contributed by atoms with Gasteiger partial charge in [-0.3, -0.25) is 4.79 Å². The van der Waals surface area contributed by atoms with Gasteiger partial charge in [0.1, 0.15) is 0 Å². The zero-order chi connectivity index (χ0) is 14.0. The predicted molar refractivity (Wildman–Crippen MR) is 76.3 cm³/mol. The minimum atomic E-state index is -0.0230. The molecule has 0 bridgehead atoms. The van der Waals surface area contributed by atoms with Gasteiger partial charge in [0.15, 0.2) is 0 Å². The Labute approximate surface area is 113 Å². The van der Waals surface area contributed by atoms with Gasteiger partial charge in [-0.2, -0.15) is 0 Å². The highest BCUT2D eigenvalue weighted by atomic mass is 16.5. The van der Waals surface area contributed by atoms with Crippen LogP contribution in [0.4, 0.5) is 11.4 Å². The highest BCUT2D eigenvalue weighted by Gasteiger charge is 2.29. The Balaban J connectivity index is 2.14. The lowest BCUT2D eigenvalue weighted by Crippen LogP contribution is -2.40. The van der Waals surface area contributed by atoms with Gasteiger partial charge < -0.3 is 20.7 Å². The van der Waals surface area contributed by atoms with Crippen LogP contribution in [0, 0.1) is 0 Å². The zero-order valence-corrected chi connectivity index (χ0v) is 11.6. The fraction of sp³-hybridized carbons (Fsp3) is 0.500. The molecule has 2 rings (SSSR count). The molecule has 5 heteroatoms. The maximum absolute atomic E-state index is 12.1. The minimum Gasteiger partial charge on any atom is -0.399 e. The molecule has 0 atom stereocenters. The van der Waals surface area contributed by atoms with Crippen LogP contribution in [0.2, 0.25) is 0 Å². The molecule has 1 aliphatic carbocycles. The van der Waals surface area contributed by atoms with E-state index in [4.69, 9.17) is 10.5 Å². The van der Waals surface area contributed by atoms with E-state index in [0.29, 0.717) is 23.4 Å². The minimum absolute atomic E-state index is 0.0230. The van der Waals surface area contributed by atoms with Gasteiger partial charge in [0, 0.05) is 38.6 Å². The summed E-state index contributed by atoms with van der Waals surface area (Å²) in [7, 11) is 5.21. The van der Waals surface area contributed by atoms with Crippen LogP contribution < -0.4 is 11.1 Å². The second-order valence-electron chi connectivity index (χ2n) is 5.17. The number of benzene rings is 1. The second kappa shape index (κ2) is 5.48. The number of carbonyl (C=O) groups is 1. The van der Waals surface area contributed by atoms with Crippen molar-refractivity contribution in [1.82, 2.24) is 4.90 Å². The van der Waals surface area contributed by atoms with Crippen LogP contribution in [0.5, 0.6) is 0 Å². The first-order valence-corrected chi connectivity index (χ1v) is 6.41. The number of nitrogens with one attached hydrogen (secondary N) is 1. The van der Waals surface area contributed by atoms with Crippen LogP contribution in [0.25, 0.3) is 0 Å². The second-order valence-corrected chi connectivity index (χ2v) is 5.17. The topological polar surface area (TPSA) is 67.6 Å². The number of rotatable bonds is 4. The first-order valence-electron chi connectivity index (χ1n) is 6.41. The Hall–Kier alpha value is -1.75. The van der Waals surface area contributed by atoms with Crippen LogP contribution in [0.15, 0.2) is 18.2 Å². The lowest BCUT2D eigenvalue weighted by atomic mass is 9.89. The van der Waals surface area contributed by atoms with Crippen LogP contribution in [-0.4, -0.2) is 44.2 Å². The normalized spacial score (nSPS) is 21.6. The lowest BCUT2D eigenvalue weighted by molar-refractivity contribution is 0.0328. The maximum atomic E-state index is 12.1. The number of amides is 1. The van der Waals surface area contributed by atoms with Crippen LogP contribution >= 0.6 is 0 Å². The average Bonchev–Trinajstić information content (AvgIpc) is 2.32. The molecule has 1 aromatic rings. The van der Waals surface area contributed by atoms with Crippen LogP contribution in [-0.2, 0) is 4.74 Å². The Morgan fingerprint density at radius 3 is 2.68 bits per heavy atom. The predicted octanol–water partition coefficient (Wildman–Crippen LogP) is 1.56. The van der Waals surface area contributed by atoms with Gasteiger partial charge in [-0.15, -0.1) is 0 Å². The number of hydrogen-bond acceptors (Lipinski definition) is 4. The fourth-order valence-electron chi connectivity index (χ4n) is 2.20. The van der Waals surface area contributed by atoms with Gasteiger partial charge in [-0.1, -0.05) is 0 Å². The van der Waals surface area contributed by atoms with Gasteiger partial charge in [0.25, 0.3) is 5.91 Å². The highest BCUT2D eigenvalue weighted by molar-refractivity contribution is 6.00. The van der Waals surface area contributed by atoms with Crippen molar-refractivity contribution < 1.29 is 9.53 Å². The van der Waals surface area contributed by atoms with E-state index in [9.17, 15) is 4.79 Å². The number of hydrogen-bond donors (Lipinski definition) is 2. The molecule has 1 aromatic carbocycles. The molecular weight excluding hydrogens is 242 g/mol. The number of nitrogen functional groups attached to an aromatic ring is 1. The first kappa shape index (κ1) is 13.7. The molecule has 5 nitrogen and oxygen atoms in total. The van der Waals surface area contributed by atoms with Gasteiger partial charge in [-0.05, 0) is 31.0 Å². The summed E-state index contributed by atoms with van der Waals surface area (Å²) < 4.78 is 5.25. The van der Waals surface area contributed by atoms with Crippen molar-refractivity contribution in [2.75, 3.05) is 32.3 Å². The largest absolute Gasteiger partial charge is 0.399 e. The van der Waals surface area contributed by atoms with E-state index in [1.807, 2.05) is 6.07 Å². The van der Waals surface area contributed by atoms with E-state index in [-0.39, 0.29) is 5.91 Å². The third-order valence-electron chi connectivity index (χ3n) is 3.47. The summed E-state index contributed by atoms with van der Waals surface area (Å²) in [6.45, 7) is 0. The molecule has 0 aromatic heterocycles. The third-order valence-corrected chi connectivity index (χ3v) is 3.47. The van der Waals surface area contributed by atoms with Gasteiger partial charge in [0.2, 0.25) is 0 Å². The summed E-state index contributed by atoms with van der Waals surface area (Å²) in [5.74, 6) is -0.0230. The Morgan fingerprint density at radius 1 is 1.42 bits per heavy atom. The first-order chi connectivity index (χ1) is 9.01. The molecule has 104 valence electrons. The number of nitrogens with zero attached hydrogens (tertiary/aromatic N) is 1. The Morgan fingerprint density at radius 2 is 2.11 bits per heavy atom. The fourth-order valence-corrected chi connectivity index (χ4v) is 2.20. The molecule has 1 amide bonds. The average molecular weight is 263 g/mol. The summed E-state index contributed by atoms with van der Waals surface area (Å²) in [6, 6.07) is 5.68. The molecule has 1 aliphatic rings. The molecular formula is C14H21N3O2. The number of methoxy groups -OCH3 is 1. The van der Waals surface area contributed by atoms with E-state index in [2.05, 4.69) is 5.32 Å². The quantitative estimate of drug-likeness (QED) is 0.809. The summed E-state index contributed by atoms with van der Waals surface area (Å²) >= 11 is 0. The molecule has 0 heterocycles. The van der Waals surface area contributed by atoms with E-state index in [1.54, 1.807) is 38.2 Å². The number of nitrogens with two attached hydrogens (primary N) is 1. The number of ether oxygens (including phenoxy) is 1. The van der Waals surface area contributed by atoms with Crippen molar-refractivity contribution in [1.29, 1.82) is 0 Å². The molecule has 0 saturated heterocycles. The van der Waals surface area contributed by atoms with Gasteiger partial charge in [-0.25, -0.2) is 0 Å². The van der Waals surface area contributed by atoms with Crippen molar-refractivity contribution in [2.45, 2.75) is 25.0 Å². The Bertz CT molecular complexity index is 468. The summed E-state index contributed by atoms with van der Waals surface area (Å²) in [6.07, 6.45) is 2.24. The number of carbonyl (C=O) groups excluding carboxylic acids is 1. The molecule has 1 fully saturated rings. The smallest absolute Gasteiger partial charge is 0.255 e. The monoisotopic (exact) mass is 263 g/mol. The molecule has 0 unspecified atom stereocenters. The van der Waals surface area contributed by atoms with Crippen molar-refractivity contribution >= 4 is 17.3 Å². The summed E-state index contributed by atoms with van der Waals surface area (Å²) in [4.78, 5) is 13.7. The number of anilines is 2. The molecule has 3 N–H and O–H groups in total. The molecule has 19 heavy (non-hydrogen) atoms. The summed E-state index contributed by atoms with van der Waals surface area (Å²) in [5.41, 5.74) is 7.91. The lowest BCUT2D eigenvalue weighted by Gasteiger charge is -2.35. The van der Waals surface area contributed by atoms with Gasteiger partial charge in [0.05, 0.1) is 11.7 Å². The van der Waals surface area contributed by atoms with Crippen LogP contribution in [0.3, 0.4) is 0 Å². The molecule has 0 aliphatic heterocycles.